The van der Waals surface area contributed by atoms with E-state index in [9.17, 15) is 9.90 Å². The minimum absolute atomic E-state index is 0.128. The summed E-state index contributed by atoms with van der Waals surface area (Å²) >= 11 is 0. The summed E-state index contributed by atoms with van der Waals surface area (Å²) in [6, 6.07) is 15.0. The highest BCUT2D eigenvalue weighted by molar-refractivity contribution is 6.13. The van der Waals surface area contributed by atoms with Gasteiger partial charge >= 0.3 is 0 Å². The number of benzene rings is 2. The Morgan fingerprint density at radius 2 is 1.35 bits per heavy atom. The highest BCUT2D eigenvalue weighted by Crippen LogP contribution is 2.28. The molecule has 164 valence electrons. The van der Waals surface area contributed by atoms with Crippen molar-refractivity contribution in [2.24, 2.45) is 0 Å². The quantitative estimate of drug-likeness (QED) is 0.324. The smallest absolute Gasteiger partial charge is 0.185 e. The average Bonchev–Trinajstić information content (AvgIpc) is 2.78. The van der Waals surface area contributed by atoms with E-state index in [-0.39, 0.29) is 11.5 Å². The topological polar surface area (TPSA) is 46.5 Å². The third-order valence-electron chi connectivity index (χ3n) is 5.70. The normalized spacial score (nSPS) is 16.7. The van der Waals surface area contributed by atoms with Gasteiger partial charge in [0, 0.05) is 11.1 Å². The predicted molar refractivity (Wildman–Crippen MR) is 128 cm³/mol. The number of ketones is 1. The largest absolute Gasteiger partial charge is 0.508 e. The number of phenolic OH excluding ortho intramolecular Hbond substituents is 1. The van der Waals surface area contributed by atoms with Gasteiger partial charge in [-0.05, 0) is 73.2 Å². The summed E-state index contributed by atoms with van der Waals surface area (Å²) in [6.45, 7) is 3.00. The SMILES string of the molecule is CCCCCCCCOc1ccc(/C=C2\CCC/C(=C\c3ccc(O)cc3)C2=O)cc1. The number of unbranched alkanes of at least 4 members (excludes halogenated alkanes) is 5. The van der Waals surface area contributed by atoms with Crippen molar-refractivity contribution >= 4 is 17.9 Å². The maximum atomic E-state index is 12.9. The van der Waals surface area contributed by atoms with Crippen LogP contribution in [0.1, 0.15) is 75.8 Å². The second-order valence-electron chi connectivity index (χ2n) is 8.30. The van der Waals surface area contributed by atoms with E-state index in [4.69, 9.17) is 4.74 Å². The minimum atomic E-state index is 0.128. The Kier molecular flexibility index (Phi) is 8.96. The highest BCUT2D eigenvalue weighted by Gasteiger charge is 2.20. The molecule has 0 bridgehead atoms. The van der Waals surface area contributed by atoms with Crippen LogP contribution in [-0.2, 0) is 4.79 Å². The molecule has 1 saturated carbocycles. The number of aromatic hydroxyl groups is 1. The van der Waals surface area contributed by atoms with E-state index < -0.39 is 0 Å². The van der Waals surface area contributed by atoms with Gasteiger partial charge in [0.2, 0.25) is 0 Å². The van der Waals surface area contributed by atoms with Gasteiger partial charge < -0.3 is 9.84 Å². The lowest BCUT2D eigenvalue weighted by Gasteiger charge is -2.16. The molecule has 1 N–H and O–H groups in total. The molecule has 0 aromatic heterocycles. The summed E-state index contributed by atoms with van der Waals surface area (Å²) in [6.07, 6.45) is 14.1. The number of Topliss-reactive ketones (excluding diaryl/α,β-unsaturated/α-hetero) is 1. The summed E-state index contributed by atoms with van der Waals surface area (Å²) < 4.78 is 5.86. The minimum Gasteiger partial charge on any atom is -0.508 e. The predicted octanol–water partition coefficient (Wildman–Crippen LogP) is 7.35. The third-order valence-corrected chi connectivity index (χ3v) is 5.70. The molecule has 0 spiro atoms. The van der Waals surface area contributed by atoms with Gasteiger partial charge in [-0.2, -0.15) is 0 Å². The first-order valence-corrected chi connectivity index (χ1v) is 11.6. The molecule has 3 nitrogen and oxygen atoms in total. The van der Waals surface area contributed by atoms with Crippen LogP contribution in [-0.4, -0.2) is 17.5 Å². The highest BCUT2D eigenvalue weighted by atomic mass is 16.5. The van der Waals surface area contributed by atoms with Crippen molar-refractivity contribution in [3.63, 3.8) is 0 Å². The molecular weight excluding hydrogens is 384 g/mol. The molecule has 0 amide bonds. The average molecular weight is 419 g/mol. The van der Waals surface area contributed by atoms with Crippen LogP contribution in [0.25, 0.3) is 12.2 Å². The Bertz CT molecular complexity index is 889. The van der Waals surface area contributed by atoms with Crippen LogP contribution in [0.2, 0.25) is 0 Å². The van der Waals surface area contributed by atoms with E-state index in [1.165, 1.54) is 32.1 Å². The van der Waals surface area contributed by atoms with E-state index in [0.29, 0.717) is 0 Å². The van der Waals surface area contributed by atoms with Gasteiger partial charge in [-0.3, -0.25) is 4.79 Å². The van der Waals surface area contributed by atoms with Crippen molar-refractivity contribution in [3.05, 3.63) is 70.8 Å². The first kappa shape index (κ1) is 22.9. The Labute approximate surface area is 186 Å². The maximum absolute atomic E-state index is 12.9. The Morgan fingerprint density at radius 1 is 0.806 bits per heavy atom. The molecule has 0 aliphatic heterocycles. The molecule has 1 fully saturated rings. The van der Waals surface area contributed by atoms with E-state index in [1.807, 2.05) is 48.6 Å². The standard InChI is InChI=1S/C28H34O3/c1-2-3-4-5-6-7-19-31-27-17-13-23(14-18-27)21-25-10-8-9-24(28(25)30)20-22-11-15-26(29)16-12-22/h11-18,20-21,29H,2-10,19H2,1H3/b24-20+,25-21+. The molecule has 0 atom stereocenters. The van der Waals surface area contributed by atoms with Gasteiger partial charge in [0.25, 0.3) is 0 Å². The van der Waals surface area contributed by atoms with Crippen molar-refractivity contribution in [1.29, 1.82) is 0 Å². The lowest BCUT2D eigenvalue weighted by molar-refractivity contribution is -0.112. The first-order valence-electron chi connectivity index (χ1n) is 11.6. The van der Waals surface area contributed by atoms with Gasteiger partial charge in [-0.15, -0.1) is 0 Å². The van der Waals surface area contributed by atoms with Crippen molar-refractivity contribution < 1.29 is 14.6 Å². The lowest BCUT2D eigenvalue weighted by Crippen LogP contribution is -2.12. The number of hydrogen-bond acceptors (Lipinski definition) is 3. The molecule has 31 heavy (non-hydrogen) atoms. The van der Waals surface area contributed by atoms with Crippen LogP contribution in [0.4, 0.5) is 0 Å². The van der Waals surface area contributed by atoms with E-state index in [0.717, 1.165) is 60.3 Å². The van der Waals surface area contributed by atoms with Crippen molar-refractivity contribution in [1.82, 2.24) is 0 Å². The lowest BCUT2D eigenvalue weighted by atomic mass is 9.87. The van der Waals surface area contributed by atoms with Crippen molar-refractivity contribution in [3.8, 4) is 11.5 Å². The fraction of sp³-hybridized carbons (Fsp3) is 0.393. The Balaban J connectivity index is 1.54. The van der Waals surface area contributed by atoms with Crippen molar-refractivity contribution in [2.75, 3.05) is 6.61 Å². The monoisotopic (exact) mass is 418 g/mol. The van der Waals surface area contributed by atoms with Crippen LogP contribution >= 0.6 is 0 Å². The number of carbonyl (C=O) groups excluding carboxylic acids is 1. The zero-order valence-corrected chi connectivity index (χ0v) is 18.6. The zero-order valence-electron chi connectivity index (χ0n) is 18.6. The number of ether oxygens (including phenoxy) is 1. The molecule has 3 rings (SSSR count). The molecular formula is C28H34O3. The molecule has 1 aliphatic carbocycles. The summed E-state index contributed by atoms with van der Waals surface area (Å²) in [4.78, 5) is 12.9. The second kappa shape index (κ2) is 12.1. The van der Waals surface area contributed by atoms with E-state index in [1.54, 1.807) is 12.1 Å². The number of rotatable bonds is 10. The molecule has 2 aromatic rings. The number of carbonyl (C=O) groups is 1. The van der Waals surface area contributed by atoms with Crippen molar-refractivity contribution in [2.45, 2.75) is 64.7 Å². The molecule has 2 aromatic carbocycles. The fourth-order valence-electron chi connectivity index (χ4n) is 3.88. The van der Waals surface area contributed by atoms with E-state index >= 15 is 0 Å². The molecule has 0 heterocycles. The van der Waals surface area contributed by atoms with Gasteiger partial charge in [-0.1, -0.05) is 63.3 Å². The Hall–Kier alpha value is -2.81. The summed E-state index contributed by atoms with van der Waals surface area (Å²) in [5.74, 6) is 1.25. The maximum Gasteiger partial charge on any atom is 0.185 e. The molecule has 1 aliphatic rings. The summed E-state index contributed by atoms with van der Waals surface area (Å²) in [7, 11) is 0. The number of hydrogen-bond donors (Lipinski definition) is 1. The van der Waals surface area contributed by atoms with Crippen LogP contribution in [0.15, 0.2) is 59.7 Å². The van der Waals surface area contributed by atoms with Crippen LogP contribution in [0.3, 0.4) is 0 Å². The Morgan fingerprint density at radius 3 is 1.97 bits per heavy atom. The summed E-state index contributed by atoms with van der Waals surface area (Å²) in [5, 5.41) is 9.43. The zero-order chi connectivity index (χ0) is 21.9. The van der Waals surface area contributed by atoms with Gasteiger partial charge in [0.15, 0.2) is 5.78 Å². The van der Waals surface area contributed by atoms with Crippen LogP contribution in [0, 0.1) is 0 Å². The molecule has 0 radical (unpaired) electrons. The molecule has 0 unspecified atom stereocenters. The van der Waals surface area contributed by atoms with Crippen LogP contribution in [0.5, 0.6) is 11.5 Å². The number of allylic oxidation sites excluding steroid dienone is 2. The number of phenols is 1. The van der Waals surface area contributed by atoms with Gasteiger partial charge in [0.05, 0.1) is 6.61 Å². The van der Waals surface area contributed by atoms with Gasteiger partial charge in [0.1, 0.15) is 11.5 Å². The molecule has 0 saturated heterocycles. The van der Waals surface area contributed by atoms with E-state index in [2.05, 4.69) is 6.92 Å². The third kappa shape index (κ3) is 7.43. The fourth-order valence-corrected chi connectivity index (χ4v) is 3.88. The van der Waals surface area contributed by atoms with Crippen LogP contribution < -0.4 is 4.74 Å². The molecule has 3 heteroatoms. The van der Waals surface area contributed by atoms with Gasteiger partial charge in [-0.25, -0.2) is 0 Å². The first-order chi connectivity index (χ1) is 15.2. The summed E-state index contributed by atoms with van der Waals surface area (Å²) in [5.41, 5.74) is 3.66. The second-order valence-corrected chi connectivity index (χ2v) is 8.30.